The average Bonchev–Trinajstić information content (AvgIpc) is 3.07. The first kappa shape index (κ1) is 19.7. The lowest BCUT2D eigenvalue weighted by Gasteiger charge is -2.38. The molecule has 1 aromatic carbocycles. The Labute approximate surface area is 166 Å². The van der Waals surface area contributed by atoms with E-state index in [0.29, 0.717) is 16.6 Å². The summed E-state index contributed by atoms with van der Waals surface area (Å²) in [5, 5.41) is 0. The second kappa shape index (κ2) is 7.90. The molecule has 0 aliphatic carbocycles. The zero-order chi connectivity index (χ0) is 19.6. The molecule has 0 radical (unpaired) electrons. The summed E-state index contributed by atoms with van der Waals surface area (Å²) in [6.45, 7) is 15.2. The largest absolute Gasteiger partial charge is 0.325 e. The van der Waals surface area contributed by atoms with E-state index in [1.165, 1.54) is 11.3 Å². The van der Waals surface area contributed by atoms with E-state index in [4.69, 9.17) is 0 Å². The number of hydrogen-bond acceptors (Lipinski definition) is 2. The fourth-order valence-electron chi connectivity index (χ4n) is 4.91. The molecule has 3 heteroatoms. The minimum atomic E-state index is -1.74. The van der Waals surface area contributed by atoms with Crippen molar-refractivity contribution in [3.05, 3.63) is 53.7 Å². The van der Waals surface area contributed by atoms with Crippen molar-refractivity contribution < 1.29 is 0 Å². The predicted octanol–water partition coefficient (Wildman–Crippen LogP) is 6.35. The molecule has 142 valence electrons. The molecule has 1 aliphatic rings. The molecule has 0 N–H and O–H groups in total. The number of aromatic nitrogens is 1. The maximum absolute atomic E-state index is 4.58. The summed E-state index contributed by atoms with van der Waals surface area (Å²) in [4.78, 5) is 6.92. The van der Waals surface area contributed by atoms with Crippen molar-refractivity contribution in [2.75, 3.05) is 11.4 Å². The van der Waals surface area contributed by atoms with Crippen molar-refractivity contribution in [1.82, 2.24) is 4.98 Å². The molecule has 0 atom stereocenters. The molecule has 0 unspecified atom stereocenters. The molecule has 0 spiro atoms. The second-order valence-corrected chi connectivity index (χ2v) is 14.1. The van der Waals surface area contributed by atoms with Crippen LogP contribution in [0.15, 0.2) is 42.6 Å². The van der Waals surface area contributed by atoms with Gasteiger partial charge in [-0.05, 0) is 46.8 Å². The van der Waals surface area contributed by atoms with Crippen molar-refractivity contribution in [3.63, 3.8) is 0 Å². The van der Waals surface area contributed by atoms with Crippen LogP contribution in [0.2, 0.25) is 16.6 Å². The minimum absolute atomic E-state index is 0.647. The lowest BCUT2D eigenvalue weighted by Crippen LogP contribution is -2.43. The van der Waals surface area contributed by atoms with Crippen LogP contribution in [0, 0.1) is 11.5 Å². The summed E-state index contributed by atoms with van der Waals surface area (Å²) in [5.74, 6) is 4.69. The number of rotatable bonds is 4. The summed E-state index contributed by atoms with van der Waals surface area (Å²) in [5.41, 5.74) is 9.65. The van der Waals surface area contributed by atoms with Crippen molar-refractivity contribution in [1.29, 1.82) is 0 Å². The topological polar surface area (TPSA) is 16.1 Å². The van der Waals surface area contributed by atoms with E-state index >= 15 is 0 Å². The number of hydrogen-bond donors (Lipinski definition) is 0. The van der Waals surface area contributed by atoms with Gasteiger partial charge in [-0.15, -0.1) is 5.54 Å². The third kappa shape index (κ3) is 3.56. The Bertz CT molecular complexity index is 822. The molecule has 1 aromatic heterocycles. The highest BCUT2D eigenvalue weighted by Gasteiger charge is 2.41. The molecule has 2 aromatic rings. The fraction of sp³-hybridized carbons (Fsp3) is 0.458. The smallest absolute Gasteiger partial charge is 0.146 e. The van der Waals surface area contributed by atoms with Crippen molar-refractivity contribution >= 4 is 19.6 Å². The van der Waals surface area contributed by atoms with Gasteiger partial charge in [0.2, 0.25) is 0 Å². The lowest BCUT2D eigenvalue weighted by molar-refractivity contribution is 0.838. The van der Waals surface area contributed by atoms with Gasteiger partial charge in [0.1, 0.15) is 13.9 Å². The molecule has 1 aliphatic heterocycles. The number of pyridine rings is 1. The van der Waals surface area contributed by atoms with E-state index in [2.05, 4.69) is 93.2 Å². The molecule has 27 heavy (non-hydrogen) atoms. The van der Waals surface area contributed by atoms with Crippen LogP contribution in [0.4, 0.5) is 11.5 Å². The second-order valence-electron chi connectivity index (χ2n) is 8.55. The molecule has 2 heterocycles. The normalized spacial score (nSPS) is 13.9. The molecule has 0 fully saturated rings. The highest BCUT2D eigenvalue weighted by molar-refractivity contribution is 6.90. The zero-order valence-corrected chi connectivity index (χ0v) is 18.6. The first-order valence-corrected chi connectivity index (χ1v) is 12.4. The van der Waals surface area contributed by atoms with Crippen molar-refractivity contribution in [2.24, 2.45) is 0 Å². The average molecular weight is 377 g/mol. The third-order valence-corrected chi connectivity index (χ3v) is 12.5. The Morgan fingerprint density at radius 2 is 1.63 bits per heavy atom. The fourth-order valence-corrected chi connectivity index (χ4v) is 10.1. The van der Waals surface area contributed by atoms with Crippen LogP contribution in [0.1, 0.15) is 52.7 Å². The van der Waals surface area contributed by atoms with Crippen molar-refractivity contribution in [2.45, 2.75) is 64.6 Å². The van der Waals surface area contributed by atoms with Crippen LogP contribution < -0.4 is 4.90 Å². The molecular weight excluding hydrogens is 344 g/mol. The van der Waals surface area contributed by atoms with Gasteiger partial charge in [-0.2, -0.15) is 0 Å². The number of fused-ring (bicyclic) bond motifs is 1. The van der Waals surface area contributed by atoms with Crippen LogP contribution in [-0.4, -0.2) is 19.6 Å². The molecule has 2 nitrogen and oxygen atoms in total. The van der Waals surface area contributed by atoms with Gasteiger partial charge < -0.3 is 4.90 Å². The lowest BCUT2D eigenvalue weighted by atomic mass is 10.1. The SMILES string of the molecule is CC(C)[Si](C#Cc1cccc2c1N(c1ccccn1)CC2)(C(C)C)C(C)C. The van der Waals surface area contributed by atoms with Gasteiger partial charge in [0.15, 0.2) is 0 Å². The highest BCUT2D eigenvalue weighted by atomic mass is 28.3. The van der Waals surface area contributed by atoms with Crippen LogP contribution >= 0.6 is 0 Å². The van der Waals surface area contributed by atoms with Crippen LogP contribution in [-0.2, 0) is 6.42 Å². The Balaban J connectivity index is 2.09. The molecule has 0 bridgehead atoms. The number of nitrogens with zero attached hydrogens (tertiary/aromatic N) is 2. The zero-order valence-electron chi connectivity index (χ0n) is 17.6. The predicted molar refractivity (Wildman–Crippen MR) is 119 cm³/mol. The Morgan fingerprint density at radius 3 is 2.22 bits per heavy atom. The summed E-state index contributed by atoms with van der Waals surface area (Å²) in [7, 11) is -1.74. The van der Waals surface area contributed by atoms with E-state index in [1.807, 2.05) is 12.3 Å². The summed E-state index contributed by atoms with van der Waals surface area (Å²) >= 11 is 0. The molecule has 0 saturated carbocycles. The van der Waals surface area contributed by atoms with Gasteiger partial charge in [-0.25, -0.2) is 4.98 Å². The summed E-state index contributed by atoms with van der Waals surface area (Å²) in [6.07, 6.45) is 2.93. The van der Waals surface area contributed by atoms with Crippen LogP contribution in [0.5, 0.6) is 0 Å². The first-order valence-electron chi connectivity index (χ1n) is 10.2. The van der Waals surface area contributed by atoms with E-state index in [1.54, 1.807) is 0 Å². The van der Waals surface area contributed by atoms with Crippen LogP contribution in [0.25, 0.3) is 0 Å². The van der Waals surface area contributed by atoms with E-state index in [-0.39, 0.29) is 0 Å². The monoisotopic (exact) mass is 376 g/mol. The summed E-state index contributed by atoms with van der Waals surface area (Å²) in [6, 6.07) is 12.7. The van der Waals surface area contributed by atoms with Gasteiger partial charge in [0.25, 0.3) is 0 Å². The van der Waals surface area contributed by atoms with Gasteiger partial charge in [0, 0.05) is 18.3 Å². The molecular formula is C24H32N2Si. The van der Waals surface area contributed by atoms with Gasteiger partial charge >= 0.3 is 0 Å². The molecule has 3 rings (SSSR count). The van der Waals surface area contributed by atoms with Gasteiger partial charge in [-0.1, -0.05) is 65.7 Å². The Morgan fingerprint density at radius 1 is 0.926 bits per heavy atom. The Kier molecular flexibility index (Phi) is 5.77. The highest BCUT2D eigenvalue weighted by Crippen LogP contribution is 2.41. The van der Waals surface area contributed by atoms with E-state index < -0.39 is 8.07 Å². The van der Waals surface area contributed by atoms with Gasteiger partial charge in [0.05, 0.1) is 5.69 Å². The molecule has 0 amide bonds. The van der Waals surface area contributed by atoms with Gasteiger partial charge in [-0.3, -0.25) is 0 Å². The minimum Gasteiger partial charge on any atom is -0.325 e. The number of anilines is 2. The summed E-state index contributed by atoms with van der Waals surface area (Å²) < 4.78 is 0. The Hall–Kier alpha value is -2.05. The standard InChI is InChI=1S/C24H32N2Si/c1-18(2)27(19(3)4,20(5)6)17-14-22-11-9-10-21-13-16-26(24(21)22)23-12-7-8-15-25-23/h7-12,15,18-20H,13,16H2,1-6H3. The number of para-hydroxylation sites is 1. The third-order valence-electron chi connectivity index (χ3n) is 6.20. The van der Waals surface area contributed by atoms with Crippen molar-refractivity contribution in [3.8, 4) is 11.5 Å². The van der Waals surface area contributed by atoms with Crippen LogP contribution in [0.3, 0.4) is 0 Å². The number of benzene rings is 1. The molecule has 0 saturated heterocycles. The van der Waals surface area contributed by atoms with E-state index in [9.17, 15) is 0 Å². The maximum Gasteiger partial charge on any atom is 0.146 e. The van der Waals surface area contributed by atoms with E-state index in [0.717, 1.165) is 24.3 Å². The maximum atomic E-state index is 4.58. The quantitative estimate of drug-likeness (QED) is 0.457. The first-order chi connectivity index (χ1) is 12.9.